The Kier molecular flexibility index (Phi) is 4.14. The molecule has 0 spiro atoms. The largest absolute Gasteiger partial charge is 0.374 e. The van der Waals surface area contributed by atoms with Crippen LogP contribution in [0.15, 0.2) is 18.2 Å². The molecule has 0 radical (unpaired) electrons. The first kappa shape index (κ1) is 14.3. The third-order valence-electron chi connectivity index (χ3n) is 3.49. The Morgan fingerprint density at radius 2 is 2.00 bits per heavy atom. The molecule has 1 saturated carbocycles. The van der Waals surface area contributed by atoms with E-state index in [0.717, 1.165) is 23.7 Å². The maximum atomic E-state index is 13.5. The highest BCUT2D eigenvalue weighted by atomic mass is 19.1. The zero-order valence-electron chi connectivity index (χ0n) is 12.5. The summed E-state index contributed by atoms with van der Waals surface area (Å²) in [6.45, 7) is 8.15. The molecule has 0 aromatic heterocycles. The average Bonchev–Trinajstić information content (AvgIpc) is 3.09. The Balaban J connectivity index is 2.11. The molecule has 1 fully saturated rings. The smallest absolute Gasteiger partial charge is 0.123 e. The van der Waals surface area contributed by atoms with E-state index in [0.29, 0.717) is 6.54 Å². The molecular weight excluding hydrogens is 239 g/mol. The van der Waals surface area contributed by atoms with Crippen LogP contribution in [0.3, 0.4) is 0 Å². The van der Waals surface area contributed by atoms with Crippen LogP contribution in [-0.2, 0) is 6.54 Å². The molecule has 1 aromatic carbocycles. The van der Waals surface area contributed by atoms with Crippen molar-refractivity contribution in [2.75, 3.05) is 18.5 Å². The predicted octanol–water partition coefficient (Wildman–Crippen LogP) is 3.56. The van der Waals surface area contributed by atoms with Gasteiger partial charge in [-0.15, -0.1) is 0 Å². The Hall–Kier alpha value is -1.09. The number of anilines is 1. The summed E-state index contributed by atoms with van der Waals surface area (Å²) in [7, 11) is 2.10. The van der Waals surface area contributed by atoms with E-state index in [1.165, 1.54) is 12.8 Å². The molecule has 1 aromatic rings. The van der Waals surface area contributed by atoms with Gasteiger partial charge in [-0.25, -0.2) is 4.39 Å². The fourth-order valence-electron chi connectivity index (χ4n) is 2.21. The van der Waals surface area contributed by atoms with Crippen LogP contribution in [0, 0.1) is 11.7 Å². The van der Waals surface area contributed by atoms with Gasteiger partial charge in [0.05, 0.1) is 0 Å². The standard InChI is InChI=1S/C16H25FN2/c1-16(2,3)18-10-13-9-14(17)7-8-15(13)19(4)11-12-5-6-12/h7-9,12,18H,5-6,10-11H2,1-4H3. The van der Waals surface area contributed by atoms with Gasteiger partial charge in [-0.3, -0.25) is 0 Å². The third kappa shape index (κ3) is 4.50. The van der Waals surface area contributed by atoms with Gasteiger partial charge in [0.1, 0.15) is 5.82 Å². The summed E-state index contributed by atoms with van der Waals surface area (Å²) in [5.74, 6) is 0.674. The van der Waals surface area contributed by atoms with Crippen LogP contribution in [0.1, 0.15) is 39.2 Å². The third-order valence-corrected chi connectivity index (χ3v) is 3.49. The maximum absolute atomic E-state index is 13.5. The highest BCUT2D eigenvalue weighted by molar-refractivity contribution is 5.53. The molecule has 1 N–H and O–H groups in total. The first-order valence-electron chi connectivity index (χ1n) is 7.10. The maximum Gasteiger partial charge on any atom is 0.123 e. The molecule has 2 rings (SSSR count). The predicted molar refractivity (Wildman–Crippen MR) is 79.0 cm³/mol. The quantitative estimate of drug-likeness (QED) is 0.874. The molecule has 0 bridgehead atoms. The molecule has 2 nitrogen and oxygen atoms in total. The van der Waals surface area contributed by atoms with E-state index in [9.17, 15) is 4.39 Å². The van der Waals surface area contributed by atoms with Gasteiger partial charge < -0.3 is 10.2 Å². The minimum Gasteiger partial charge on any atom is -0.374 e. The Labute approximate surface area is 116 Å². The number of hydrogen-bond acceptors (Lipinski definition) is 2. The summed E-state index contributed by atoms with van der Waals surface area (Å²) in [5, 5.41) is 3.44. The lowest BCUT2D eigenvalue weighted by Gasteiger charge is -2.25. The van der Waals surface area contributed by atoms with Crippen molar-refractivity contribution in [2.45, 2.75) is 45.7 Å². The van der Waals surface area contributed by atoms with E-state index in [2.05, 4.69) is 38.0 Å². The van der Waals surface area contributed by atoms with E-state index in [4.69, 9.17) is 0 Å². The highest BCUT2D eigenvalue weighted by Crippen LogP contribution is 2.32. The minimum atomic E-state index is -0.158. The molecular formula is C16H25FN2. The molecule has 0 saturated heterocycles. The minimum absolute atomic E-state index is 0.0403. The molecule has 0 heterocycles. The van der Waals surface area contributed by atoms with Crippen molar-refractivity contribution < 1.29 is 4.39 Å². The van der Waals surface area contributed by atoms with Gasteiger partial charge in [0.25, 0.3) is 0 Å². The van der Waals surface area contributed by atoms with Crippen LogP contribution in [0.2, 0.25) is 0 Å². The second-order valence-corrected chi connectivity index (χ2v) is 6.70. The summed E-state index contributed by atoms with van der Waals surface area (Å²) >= 11 is 0. The van der Waals surface area contributed by atoms with Gasteiger partial charge in [0, 0.05) is 31.4 Å². The lowest BCUT2D eigenvalue weighted by atomic mass is 10.1. The normalized spacial score (nSPS) is 15.6. The number of benzene rings is 1. The van der Waals surface area contributed by atoms with E-state index in [1.807, 2.05) is 6.07 Å². The number of nitrogens with zero attached hydrogens (tertiary/aromatic N) is 1. The molecule has 1 aliphatic carbocycles. The lowest BCUT2D eigenvalue weighted by Crippen LogP contribution is -2.35. The molecule has 0 unspecified atom stereocenters. The Morgan fingerprint density at radius 3 is 2.58 bits per heavy atom. The molecule has 106 valence electrons. The van der Waals surface area contributed by atoms with Crippen LogP contribution in [-0.4, -0.2) is 19.1 Å². The van der Waals surface area contributed by atoms with Gasteiger partial charge in [-0.2, -0.15) is 0 Å². The fourth-order valence-corrected chi connectivity index (χ4v) is 2.21. The van der Waals surface area contributed by atoms with Crippen LogP contribution >= 0.6 is 0 Å². The molecule has 3 heteroatoms. The summed E-state index contributed by atoms with van der Waals surface area (Å²) in [4.78, 5) is 2.26. The number of hydrogen-bond donors (Lipinski definition) is 1. The van der Waals surface area contributed by atoms with Crippen LogP contribution in [0.4, 0.5) is 10.1 Å². The van der Waals surface area contributed by atoms with E-state index >= 15 is 0 Å². The van der Waals surface area contributed by atoms with Crippen molar-refractivity contribution in [3.05, 3.63) is 29.6 Å². The first-order chi connectivity index (χ1) is 8.85. The van der Waals surface area contributed by atoms with Gasteiger partial charge in [0.15, 0.2) is 0 Å². The second-order valence-electron chi connectivity index (χ2n) is 6.70. The number of halogens is 1. The average molecular weight is 264 g/mol. The fraction of sp³-hybridized carbons (Fsp3) is 0.625. The monoisotopic (exact) mass is 264 g/mol. The molecule has 0 atom stereocenters. The van der Waals surface area contributed by atoms with Crippen molar-refractivity contribution in [3.8, 4) is 0 Å². The topological polar surface area (TPSA) is 15.3 Å². The molecule has 0 aliphatic heterocycles. The first-order valence-corrected chi connectivity index (χ1v) is 7.10. The summed E-state index contributed by atoms with van der Waals surface area (Å²) in [6.07, 6.45) is 2.67. The summed E-state index contributed by atoms with van der Waals surface area (Å²) in [6, 6.07) is 5.11. The van der Waals surface area contributed by atoms with Crippen molar-refractivity contribution in [3.63, 3.8) is 0 Å². The summed E-state index contributed by atoms with van der Waals surface area (Å²) < 4.78 is 13.5. The van der Waals surface area contributed by atoms with Gasteiger partial charge in [0.2, 0.25) is 0 Å². The van der Waals surface area contributed by atoms with E-state index in [1.54, 1.807) is 12.1 Å². The SMILES string of the molecule is CN(CC1CC1)c1ccc(F)cc1CNC(C)(C)C. The van der Waals surface area contributed by atoms with Crippen LogP contribution in [0.5, 0.6) is 0 Å². The van der Waals surface area contributed by atoms with Gasteiger partial charge in [-0.1, -0.05) is 0 Å². The van der Waals surface area contributed by atoms with Gasteiger partial charge in [-0.05, 0) is 63.3 Å². The molecule has 1 aliphatic rings. The Morgan fingerprint density at radius 1 is 1.32 bits per heavy atom. The second kappa shape index (κ2) is 5.49. The van der Waals surface area contributed by atoms with Crippen LogP contribution in [0.25, 0.3) is 0 Å². The van der Waals surface area contributed by atoms with Crippen LogP contribution < -0.4 is 10.2 Å². The lowest BCUT2D eigenvalue weighted by molar-refractivity contribution is 0.423. The molecule has 19 heavy (non-hydrogen) atoms. The Bertz CT molecular complexity index is 433. The van der Waals surface area contributed by atoms with Crippen molar-refractivity contribution in [1.82, 2.24) is 5.32 Å². The number of rotatable bonds is 5. The zero-order chi connectivity index (χ0) is 14.0. The van der Waals surface area contributed by atoms with Crippen molar-refractivity contribution in [1.29, 1.82) is 0 Å². The highest BCUT2D eigenvalue weighted by Gasteiger charge is 2.24. The van der Waals surface area contributed by atoms with Crippen molar-refractivity contribution in [2.24, 2.45) is 5.92 Å². The van der Waals surface area contributed by atoms with E-state index < -0.39 is 0 Å². The zero-order valence-corrected chi connectivity index (χ0v) is 12.5. The molecule has 0 amide bonds. The van der Waals surface area contributed by atoms with E-state index in [-0.39, 0.29) is 11.4 Å². The number of nitrogens with one attached hydrogen (secondary N) is 1. The van der Waals surface area contributed by atoms with Crippen molar-refractivity contribution >= 4 is 5.69 Å². The summed E-state index contributed by atoms with van der Waals surface area (Å²) in [5.41, 5.74) is 2.22. The van der Waals surface area contributed by atoms with Gasteiger partial charge >= 0.3 is 0 Å².